The summed E-state index contributed by atoms with van der Waals surface area (Å²) in [5.74, 6) is 0.279. The third-order valence-corrected chi connectivity index (χ3v) is 4.37. The maximum absolute atomic E-state index is 12.5. The van der Waals surface area contributed by atoms with Gasteiger partial charge in [0.1, 0.15) is 0 Å². The van der Waals surface area contributed by atoms with Gasteiger partial charge < -0.3 is 4.90 Å². The van der Waals surface area contributed by atoms with E-state index in [1.54, 1.807) is 0 Å². The average molecular weight is 274 g/mol. The van der Waals surface area contributed by atoms with Crippen molar-refractivity contribution in [2.75, 3.05) is 20.1 Å². The summed E-state index contributed by atoms with van der Waals surface area (Å²) >= 11 is 0. The first kappa shape index (κ1) is 15.0. The van der Waals surface area contributed by atoms with Crippen molar-refractivity contribution in [1.82, 2.24) is 9.80 Å². The van der Waals surface area contributed by atoms with Crippen molar-refractivity contribution in [3.05, 3.63) is 35.4 Å². The number of likely N-dealkylation sites (tertiary alicyclic amines) is 1. The van der Waals surface area contributed by atoms with Crippen molar-refractivity contribution >= 4 is 5.91 Å². The molecule has 0 aromatic heterocycles. The number of likely N-dealkylation sites (N-methyl/N-ethyl adjacent to an activating group) is 1. The monoisotopic (exact) mass is 274 g/mol. The molecule has 1 atom stereocenters. The van der Waals surface area contributed by atoms with E-state index in [2.05, 4.69) is 36.1 Å². The summed E-state index contributed by atoms with van der Waals surface area (Å²) in [5, 5.41) is 0. The molecule has 1 aromatic rings. The molecule has 1 saturated heterocycles. The Balaban J connectivity index is 1.95. The van der Waals surface area contributed by atoms with Gasteiger partial charge in [0.05, 0.1) is 6.04 Å². The van der Waals surface area contributed by atoms with Crippen LogP contribution in [0.25, 0.3) is 0 Å². The van der Waals surface area contributed by atoms with E-state index >= 15 is 0 Å². The van der Waals surface area contributed by atoms with Crippen LogP contribution < -0.4 is 0 Å². The zero-order chi connectivity index (χ0) is 14.5. The third kappa shape index (κ3) is 3.60. The number of rotatable bonds is 4. The van der Waals surface area contributed by atoms with Gasteiger partial charge in [-0.05, 0) is 51.3 Å². The van der Waals surface area contributed by atoms with Crippen LogP contribution in [0.4, 0.5) is 0 Å². The molecule has 0 bridgehead atoms. The molecule has 0 spiro atoms. The normalized spacial score (nSPS) is 17.3. The smallest absolute Gasteiger partial charge is 0.239 e. The standard InChI is InChI=1S/C17H26N2O/c1-14-9-5-6-10-16(14)13-18(3)15(2)17(20)19-11-7-4-8-12-19/h5-6,9-10,15H,4,7-8,11-13H2,1-3H3. The van der Waals surface area contributed by atoms with Gasteiger partial charge in [0.15, 0.2) is 0 Å². The van der Waals surface area contributed by atoms with Crippen LogP contribution in [0, 0.1) is 6.92 Å². The van der Waals surface area contributed by atoms with Crippen molar-refractivity contribution in [3.8, 4) is 0 Å². The van der Waals surface area contributed by atoms with E-state index in [4.69, 9.17) is 0 Å². The molecule has 1 aliphatic rings. The largest absolute Gasteiger partial charge is 0.341 e. The molecule has 20 heavy (non-hydrogen) atoms. The van der Waals surface area contributed by atoms with E-state index in [-0.39, 0.29) is 11.9 Å². The molecule has 1 aromatic carbocycles. The average Bonchev–Trinajstić information content (AvgIpc) is 2.49. The van der Waals surface area contributed by atoms with Gasteiger partial charge in [-0.2, -0.15) is 0 Å². The summed E-state index contributed by atoms with van der Waals surface area (Å²) in [4.78, 5) is 16.7. The molecular weight excluding hydrogens is 248 g/mol. The van der Waals surface area contributed by atoms with E-state index in [0.717, 1.165) is 32.5 Å². The molecule has 110 valence electrons. The highest BCUT2D eigenvalue weighted by Gasteiger charge is 2.25. The maximum Gasteiger partial charge on any atom is 0.239 e. The number of carbonyl (C=O) groups is 1. The lowest BCUT2D eigenvalue weighted by Crippen LogP contribution is -2.47. The Bertz CT molecular complexity index is 452. The van der Waals surface area contributed by atoms with E-state index in [9.17, 15) is 4.79 Å². The second kappa shape index (κ2) is 6.89. The van der Waals surface area contributed by atoms with Crippen LogP contribution in [0.2, 0.25) is 0 Å². The molecule has 0 radical (unpaired) electrons. The van der Waals surface area contributed by atoms with Crippen molar-refractivity contribution in [1.29, 1.82) is 0 Å². The Labute approximate surface area is 122 Å². The minimum absolute atomic E-state index is 0.0484. The fraction of sp³-hybridized carbons (Fsp3) is 0.588. The predicted octanol–water partition coefficient (Wildman–Crippen LogP) is 2.83. The summed E-state index contributed by atoms with van der Waals surface area (Å²) in [6.45, 7) is 6.84. The first-order valence-corrected chi connectivity index (χ1v) is 7.63. The van der Waals surface area contributed by atoms with Gasteiger partial charge in [-0.25, -0.2) is 0 Å². The molecule has 0 N–H and O–H groups in total. The third-order valence-electron chi connectivity index (χ3n) is 4.37. The van der Waals surface area contributed by atoms with Crippen LogP contribution in [0.1, 0.15) is 37.3 Å². The van der Waals surface area contributed by atoms with Crippen molar-refractivity contribution in [3.63, 3.8) is 0 Å². The summed E-state index contributed by atoms with van der Waals surface area (Å²) in [5.41, 5.74) is 2.59. The number of nitrogens with zero attached hydrogens (tertiary/aromatic N) is 2. The van der Waals surface area contributed by atoms with Crippen LogP contribution in [0.15, 0.2) is 24.3 Å². The molecule has 3 nitrogen and oxygen atoms in total. The minimum Gasteiger partial charge on any atom is -0.341 e. The van der Waals surface area contributed by atoms with Gasteiger partial charge in [-0.1, -0.05) is 24.3 Å². The Kier molecular flexibility index (Phi) is 5.18. The van der Waals surface area contributed by atoms with Crippen LogP contribution >= 0.6 is 0 Å². The summed E-state index contributed by atoms with van der Waals surface area (Å²) in [7, 11) is 2.04. The Morgan fingerprint density at radius 3 is 2.55 bits per heavy atom. The zero-order valence-electron chi connectivity index (χ0n) is 12.9. The van der Waals surface area contributed by atoms with Gasteiger partial charge in [-0.15, -0.1) is 0 Å². The van der Waals surface area contributed by atoms with Gasteiger partial charge >= 0.3 is 0 Å². The lowest BCUT2D eigenvalue weighted by molar-refractivity contribution is -0.137. The second-order valence-corrected chi connectivity index (χ2v) is 5.90. The quantitative estimate of drug-likeness (QED) is 0.843. The van der Waals surface area contributed by atoms with Crippen molar-refractivity contribution < 1.29 is 4.79 Å². The van der Waals surface area contributed by atoms with E-state index < -0.39 is 0 Å². The lowest BCUT2D eigenvalue weighted by Gasteiger charge is -2.33. The Hall–Kier alpha value is -1.35. The fourth-order valence-electron chi connectivity index (χ4n) is 2.76. The topological polar surface area (TPSA) is 23.6 Å². The number of hydrogen-bond donors (Lipinski definition) is 0. The van der Waals surface area contributed by atoms with E-state index in [0.29, 0.717) is 0 Å². The summed E-state index contributed by atoms with van der Waals surface area (Å²) in [6.07, 6.45) is 3.57. The van der Waals surface area contributed by atoms with Crippen LogP contribution in [0.3, 0.4) is 0 Å². The summed E-state index contributed by atoms with van der Waals surface area (Å²) < 4.78 is 0. The molecule has 0 aliphatic carbocycles. The number of benzene rings is 1. The lowest BCUT2D eigenvalue weighted by atomic mass is 10.1. The fourth-order valence-corrected chi connectivity index (χ4v) is 2.76. The molecule has 2 rings (SSSR count). The predicted molar refractivity (Wildman–Crippen MR) is 82.5 cm³/mol. The molecule has 0 saturated carbocycles. The number of aryl methyl sites for hydroxylation is 1. The van der Waals surface area contributed by atoms with Gasteiger partial charge in [0.2, 0.25) is 5.91 Å². The number of amides is 1. The zero-order valence-corrected chi connectivity index (χ0v) is 12.9. The minimum atomic E-state index is -0.0484. The Morgan fingerprint density at radius 2 is 1.90 bits per heavy atom. The van der Waals surface area contributed by atoms with Gasteiger partial charge in [0, 0.05) is 19.6 Å². The molecule has 1 fully saturated rings. The first-order valence-electron chi connectivity index (χ1n) is 7.63. The molecule has 3 heteroatoms. The molecule has 1 amide bonds. The maximum atomic E-state index is 12.5. The van der Waals surface area contributed by atoms with Crippen molar-refractivity contribution in [2.24, 2.45) is 0 Å². The second-order valence-electron chi connectivity index (χ2n) is 5.90. The van der Waals surface area contributed by atoms with Gasteiger partial charge in [-0.3, -0.25) is 9.69 Å². The van der Waals surface area contributed by atoms with E-state index in [1.165, 1.54) is 17.5 Å². The SMILES string of the molecule is Cc1ccccc1CN(C)C(C)C(=O)N1CCCCC1. The summed E-state index contributed by atoms with van der Waals surface area (Å²) in [6, 6.07) is 8.34. The molecular formula is C17H26N2O. The highest BCUT2D eigenvalue weighted by Crippen LogP contribution is 2.15. The van der Waals surface area contributed by atoms with Crippen molar-refractivity contribution in [2.45, 2.75) is 45.7 Å². The first-order chi connectivity index (χ1) is 9.59. The van der Waals surface area contributed by atoms with Crippen LogP contribution in [-0.2, 0) is 11.3 Å². The van der Waals surface area contributed by atoms with Crippen LogP contribution in [0.5, 0.6) is 0 Å². The number of hydrogen-bond acceptors (Lipinski definition) is 2. The Morgan fingerprint density at radius 1 is 1.25 bits per heavy atom. The number of piperidine rings is 1. The van der Waals surface area contributed by atoms with Crippen LogP contribution in [-0.4, -0.2) is 41.9 Å². The van der Waals surface area contributed by atoms with E-state index in [1.807, 2.05) is 18.9 Å². The molecule has 1 heterocycles. The van der Waals surface area contributed by atoms with Gasteiger partial charge in [0.25, 0.3) is 0 Å². The highest BCUT2D eigenvalue weighted by atomic mass is 16.2. The number of carbonyl (C=O) groups excluding carboxylic acids is 1. The molecule has 1 unspecified atom stereocenters. The highest BCUT2D eigenvalue weighted by molar-refractivity contribution is 5.81. The molecule has 1 aliphatic heterocycles.